The number of nitrogens with zero attached hydrogens (tertiary/aromatic N) is 1. The Morgan fingerprint density at radius 2 is 0.957 bits per heavy atom. The van der Waals surface area contributed by atoms with Gasteiger partial charge in [-0.15, -0.1) is 0 Å². The molecule has 0 aromatic heterocycles. The van der Waals surface area contributed by atoms with Gasteiger partial charge in [-0.2, -0.15) is 0 Å². The molecule has 0 amide bonds. The Balaban J connectivity index is 1.25. The topological polar surface area (TPSA) is 3.24 Å². The fraction of sp³-hybridized carbons (Fsp3) is 0.0455. The maximum Gasteiger partial charge on any atom is 0.0602 e. The van der Waals surface area contributed by atoms with Crippen LogP contribution in [0, 0.1) is 0 Å². The maximum absolute atomic E-state index is 2.47. The van der Waals surface area contributed by atoms with E-state index in [1.165, 1.54) is 76.9 Å². The van der Waals surface area contributed by atoms with Gasteiger partial charge in [-0.1, -0.05) is 145 Å². The molecule has 0 bridgehead atoms. The molecule has 1 atom stereocenters. The Labute approximate surface area is 274 Å². The summed E-state index contributed by atoms with van der Waals surface area (Å²) in [6, 6.07) is 62.2. The Bertz CT molecular complexity index is 2150. The van der Waals surface area contributed by atoms with E-state index in [0.29, 0.717) is 0 Å². The fourth-order valence-electron chi connectivity index (χ4n) is 7.41. The van der Waals surface area contributed by atoms with Crippen molar-refractivity contribution < 1.29 is 0 Å². The number of benzene rings is 7. The summed E-state index contributed by atoms with van der Waals surface area (Å²) < 4.78 is 0. The van der Waals surface area contributed by atoms with Crippen LogP contribution in [0.3, 0.4) is 0 Å². The molecule has 218 valence electrons. The second-order valence-electron chi connectivity index (χ2n) is 12.3. The Morgan fingerprint density at radius 1 is 0.435 bits per heavy atom. The Hall–Kier alpha value is -5.31. The second kappa shape index (κ2) is 10.7. The monoisotopic (exact) mass is 605 g/mol. The zero-order chi connectivity index (χ0) is 30.7. The van der Waals surface area contributed by atoms with E-state index >= 15 is 0 Å². The van der Waals surface area contributed by atoms with Crippen LogP contribution in [0.15, 0.2) is 180 Å². The van der Waals surface area contributed by atoms with Crippen molar-refractivity contribution in [2.24, 2.45) is 0 Å². The third-order valence-corrected chi connectivity index (χ3v) is 10.8. The molecule has 0 saturated carbocycles. The van der Waals surface area contributed by atoms with Gasteiger partial charge in [0, 0.05) is 20.9 Å². The summed E-state index contributed by atoms with van der Waals surface area (Å²) >= 11 is 1.87. The molecule has 7 aromatic carbocycles. The zero-order valence-electron chi connectivity index (χ0n) is 25.5. The molecule has 0 fully saturated rings. The molecular formula is C44H31NS. The van der Waals surface area contributed by atoms with Gasteiger partial charge in [0.15, 0.2) is 0 Å². The lowest BCUT2D eigenvalue weighted by molar-refractivity contribution is 0.714. The van der Waals surface area contributed by atoms with Gasteiger partial charge in [0.2, 0.25) is 0 Å². The molecule has 2 heteroatoms. The van der Waals surface area contributed by atoms with Crippen LogP contribution < -0.4 is 4.90 Å². The lowest BCUT2D eigenvalue weighted by Crippen LogP contribution is -2.23. The van der Waals surface area contributed by atoms with Crippen LogP contribution >= 0.6 is 11.8 Å². The smallest absolute Gasteiger partial charge is 0.0602 e. The largest absolute Gasteiger partial charge is 0.308 e. The first-order valence-corrected chi connectivity index (χ1v) is 16.7. The number of hydrogen-bond donors (Lipinski definition) is 0. The summed E-state index contributed by atoms with van der Waals surface area (Å²) in [6.07, 6.45) is 0. The highest BCUT2D eigenvalue weighted by Crippen LogP contribution is 2.57. The molecule has 0 saturated heterocycles. The van der Waals surface area contributed by atoms with Gasteiger partial charge in [0.05, 0.1) is 11.4 Å². The Morgan fingerprint density at radius 3 is 1.57 bits per heavy atom. The van der Waals surface area contributed by atoms with E-state index in [4.69, 9.17) is 0 Å². The third kappa shape index (κ3) is 4.18. The minimum Gasteiger partial charge on any atom is -0.308 e. The standard InChI is InChI=1S/C44H31NS/c1-44(34-17-9-4-10-18-34)38-20-12-11-19-36(38)37-24-23-35(29-39(37)44)45-40-25-21-32(30-13-5-2-6-14-30)27-42(40)46-43-28-33(22-26-41(43)45)31-15-7-3-8-16-31/h2-29H,1H3. The first-order chi connectivity index (χ1) is 22.7. The van der Waals surface area contributed by atoms with Crippen molar-refractivity contribution in [2.75, 3.05) is 4.90 Å². The quantitative estimate of drug-likeness (QED) is 0.196. The first-order valence-electron chi connectivity index (χ1n) is 15.9. The highest BCUT2D eigenvalue weighted by Gasteiger charge is 2.41. The van der Waals surface area contributed by atoms with E-state index in [1.54, 1.807) is 0 Å². The van der Waals surface area contributed by atoms with Crippen molar-refractivity contribution in [1.29, 1.82) is 0 Å². The lowest BCUT2D eigenvalue weighted by Gasteiger charge is -2.35. The predicted octanol–water partition coefficient (Wildman–Crippen LogP) is 12.3. The summed E-state index contributed by atoms with van der Waals surface area (Å²) in [6.45, 7) is 2.39. The van der Waals surface area contributed by atoms with Gasteiger partial charge in [0.1, 0.15) is 0 Å². The van der Waals surface area contributed by atoms with Crippen molar-refractivity contribution >= 4 is 28.8 Å². The van der Waals surface area contributed by atoms with Gasteiger partial charge in [-0.25, -0.2) is 0 Å². The third-order valence-electron chi connectivity index (χ3n) is 9.74. The van der Waals surface area contributed by atoms with E-state index in [1.807, 2.05) is 11.8 Å². The van der Waals surface area contributed by atoms with Crippen molar-refractivity contribution in [3.05, 3.63) is 187 Å². The molecule has 0 N–H and O–H groups in total. The van der Waals surface area contributed by atoms with E-state index < -0.39 is 0 Å². The van der Waals surface area contributed by atoms with E-state index in [2.05, 4.69) is 182 Å². The second-order valence-corrected chi connectivity index (χ2v) is 13.4. The maximum atomic E-state index is 2.47. The molecule has 1 unspecified atom stereocenters. The highest BCUT2D eigenvalue weighted by molar-refractivity contribution is 7.99. The molecule has 0 radical (unpaired) electrons. The van der Waals surface area contributed by atoms with E-state index in [9.17, 15) is 0 Å². The molecule has 1 aliphatic carbocycles. The number of anilines is 3. The molecule has 7 aromatic rings. The minimum absolute atomic E-state index is 0.256. The van der Waals surface area contributed by atoms with Gasteiger partial charge in [-0.05, 0) is 93.4 Å². The average molecular weight is 606 g/mol. The van der Waals surface area contributed by atoms with Crippen molar-refractivity contribution in [2.45, 2.75) is 22.1 Å². The van der Waals surface area contributed by atoms with Gasteiger partial charge in [-0.3, -0.25) is 0 Å². The van der Waals surface area contributed by atoms with Gasteiger partial charge < -0.3 is 4.90 Å². The van der Waals surface area contributed by atoms with Crippen LogP contribution in [0.1, 0.15) is 23.6 Å². The van der Waals surface area contributed by atoms with Crippen molar-refractivity contribution in [3.63, 3.8) is 0 Å². The van der Waals surface area contributed by atoms with Crippen LogP contribution in [-0.2, 0) is 5.41 Å². The van der Waals surface area contributed by atoms with Crippen LogP contribution in [-0.4, -0.2) is 0 Å². The van der Waals surface area contributed by atoms with Crippen molar-refractivity contribution in [3.8, 4) is 33.4 Å². The molecule has 0 spiro atoms. The summed E-state index contributed by atoms with van der Waals surface area (Å²) in [4.78, 5) is 4.99. The number of fused-ring (bicyclic) bond motifs is 5. The highest BCUT2D eigenvalue weighted by atomic mass is 32.2. The molecule has 2 aliphatic rings. The molecule has 1 nitrogen and oxygen atoms in total. The summed E-state index contributed by atoms with van der Waals surface area (Å²) in [7, 11) is 0. The van der Waals surface area contributed by atoms with E-state index in [0.717, 1.165) is 0 Å². The summed E-state index contributed by atoms with van der Waals surface area (Å²) in [5.41, 5.74) is 14.9. The number of rotatable bonds is 4. The van der Waals surface area contributed by atoms with Crippen LogP contribution in [0.25, 0.3) is 33.4 Å². The fourth-order valence-corrected chi connectivity index (χ4v) is 8.55. The van der Waals surface area contributed by atoms with E-state index in [-0.39, 0.29) is 5.41 Å². The molecule has 1 aliphatic heterocycles. The summed E-state index contributed by atoms with van der Waals surface area (Å²) in [5, 5.41) is 0. The average Bonchev–Trinajstić information content (AvgIpc) is 3.39. The zero-order valence-corrected chi connectivity index (χ0v) is 26.3. The molecule has 9 rings (SSSR count). The predicted molar refractivity (Wildman–Crippen MR) is 194 cm³/mol. The first kappa shape index (κ1) is 27.0. The van der Waals surface area contributed by atoms with Gasteiger partial charge in [0.25, 0.3) is 0 Å². The minimum atomic E-state index is -0.256. The van der Waals surface area contributed by atoms with Crippen LogP contribution in [0.2, 0.25) is 0 Å². The normalized spacial score (nSPS) is 15.9. The molecule has 1 heterocycles. The van der Waals surface area contributed by atoms with Gasteiger partial charge >= 0.3 is 0 Å². The SMILES string of the molecule is CC1(c2ccccc2)c2ccccc2-c2ccc(N3c4ccc(-c5ccccc5)cc4Sc4cc(-c5ccccc5)ccc43)cc21. The summed E-state index contributed by atoms with van der Waals surface area (Å²) in [5.74, 6) is 0. The lowest BCUT2D eigenvalue weighted by atomic mass is 9.74. The van der Waals surface area contributed by atoms with Crippen LogP contribution in [0.4, 0.5) is 17.1 Å². The number of hydrogen-bond acceptors (Lipinski definition) is 2. The molecular weight excluding hydrogens is 575 g/mol. The Kier molecular flexibility index (Phi) is 6.26. The van der Waals surface area contributed by atoms with Crippen molar-refractivity contribution in [1.82, 2.24) is 0 Å². The van der Waals surface area contributed by atoms with Crippen LogP contribution in [0.5, 0.6) is 0 Å². The molecule has 46 heavy (non-hydrogen) atoms.